The highest BCUT2D eigenvalue weighted by molar-refractivity contribution is 6.31. The summed E-state index contributed by atoms with van der Waals surface area (Å²) in [6.45, 7) is 7.03. The van der Waals surface area contributed by atoms with Crippen molar-refractivity contribution < 1.29 is 19.1 Å². The number of ether oxygens (including phenoxy) is 2. The lowest BCUT2D eigenvalue weighted by atomic mass is 10.2. The Balaban J connectivity index is 1.82. The molecule has 0 heterocycles. The first-order chi connectivity index (χ1) is 15.4. The number of aryl methyl sites for hydroxylation is 1. The first-order valence-corrected chi connectivity index (χ1v) is 11.1. The van der Waals surface area contributed by atoms with Crippen LogP contribution in [0.3, 0.4) is 0 Å². The Morgan fingerprint density at radius 3 is 2.53 bits per heavy atom. The van der Waals surface area contributed by atoms with Crippen LogP contribution in [0.15, 0.2) is 41.5 Å². The van der Waals surface area contributed by atoms with Gasteiger partial charge in [0.15, 0.2) is 11.5 Å². The molecule has 172 valence electrons. The van der Waals surface area contributed by atoms with Gasteiger partial charge < -0.3 is 14.8 Å². The Morgan fingerprint density at radius 2 is 1.81 bits per heavy atom. The second-order valence-corrected chi connectivity index (χ2v) is 7.55. The monoisotopic (exact) mass is 459 g/mol. The van der Waals surface area contributed by atoms with E-state index in [2.05, 4.69) is 22.8 Å². The van der Waals surface area contributed by atoms with Crippen molar-refractivity contribution in [2.45, 2.75) is 46.5 Å². The van der Waals surface area contributed by atoms with Crippen molar-refractivity contribution >= 4 is 35.3 Å². The van der Waals surface area contributed by atoms with Crippen molar-refractivity contribution in [2.75, 3.05) is 18.5 Å². The Morgan fingerprint density at radius 1 is 1.03 bits per heavy atom. The summed E-state index contributed by atoms with van der Waals surface area (Å²) in [5, 5.41) is 7.25. The average Bonchev–Trinajstić information content (AvgIpc) is 2.76. The van der Waals surface area contributed by atoms with Gasteiger partial charge >= 0.3 is 0 Å². The van der Waals surface area contributed by atoms with E-state index in [0.29, 0.717) is 35.4 Å². The fourth-order valence-corrected chi connectivity index (χ4v) is 2.86. The molecule has 0 aliphatic rings. The Kier molecular flexibility index (Phi) is 10.5. The summed E-state index contributed by atoms with van der Waals surface area (Å²) in [7, 11) is 0. The van der Waals surface area contributed by atoms with Crippen LogP contribution in [-0.2, 0) is 9.59 Å². The van der Waals surface area contributed by atoms with Gasteiger partial charge in [0.05, 0.1) is 19.4 Å². The number of carbonyl (C=O) groups excluding carboxylic acids is 2. The fourth-order valence-electron chi connectivity index (χ4n) is 2.67. The zero-order valence-corrected chi connectivity index (χ0v) is 19.5. The predicted octanol–water partition coefficient (Wildman–Crippen LogP) is 5.10. The number of amides is 2. The predicted molar refractivity (Wildman–Crippen MR) is 128 cm³/mol. The summed E-state index contributed by atoms with van der Waals surface area (Å²) >= 11 is 6.05. The fraction of sp³-hybridized carbons (Fsp3) is 0.375. The number of benzene rings is 2. The number of nitrogens with one attached hydrogen (secondary N) is 2. The van der Waals surface area contributed by atoms with E-state index >= 15 is 0 Å². The van der Waals surface area contributed by atoms with Gasteiger partial charge in [0.25, 0.3) is 0 Å². The number of nitrogens with zero attached hydrogens (tertiary/aromatic N) is 1. The lowest BCUT2D eigenvalue weighted by Gasteiger charge is -2.12. The molecule has 2 amide bonds. The van der Waals surface area contributed by atoms with Gasteiger partial charge in [0.1, 0.15) is 0 Å². The van der Waals surface area contributed by atoms with Crippen LogP contribution in [-0.4, -0.2) is 31.2 Å². The minimum Gasteiger partial charge on any atom is -0.490 e. The number of hydrazone groups is 1. The van der Waals surface area contributed by atoms with Gasteiger partial charge in [-0.3, -0.25) is 9.59 Å². The van der Waals surface area contributed by atoms with Crippen molar-refractivity contribution in [3.63, 3.8) is 0 Å². The molecule has 2 N–H and O–H groups in total. The smallest absolute Gasteiger partial charge is 0.240 e. The highest BCUT2D eigenvalue weighted by atomic mass is 35.5. The molecule has 0 unspecified atom stereocenters. The molecule has 0 bridgehead atoms. The maximum Gasteiger partial charge on any atom is 0.240 e. The molecular formula is C24H30ClN3O4. The van der Waals surface area contributed by atoms with Gasteiger partial charge in [-0.05, 0) is 61.7 Å². The molecule has 2 aromatic carbocycles. The normalized spacial score (nSPS) is 10.8. The summed E-state index contributed by atoms with van der Waals surface area (Å²) in [5.74, 6) is 0.682. The second kappa shape index (κ2) is 13.4. The van der Waals surface area contributed by atoms with Crippen molar-refractivity contribution in [2.24, 2.45) is 5.10 Å². The van der Waals surface area contributed by atoms with E-state index in [1.165, 1.54) is 6.21 Å². The average molecular weight is 460 g/mol. The Labute approximate surface area is 194 Å². The maximum absolute atomic E-state index is 12.0. The summed E-state index contributed by atoms with van der Waals surface area (Å²) in [6.07, 6.45) is 3.58. The molecular weight excluding hydrogens is 430 g/mol. The van der Waals surface area contributed by atoms with Crippen LogP contribution in [0.2, 0.25) is 5.02 Å². The third kappa shape index (κ3) is 8.59. The topological polar surface area (TPSA) is 89.0 Å². The van der Waals surface area contributed by atoms with Crippen molar-refractivity contribution in [1.29, 1.82) is 0 Å². The summed E-state index contributed by atoms with van der Waals surface area (Å²) in [4.78, 5) is 24.0. The van der Waals surface area contributed by atoms with Gasteiger partial charge in [0.2, 0.25) is 11.8 Å². The molecule has 0 spiro atoms. The van der Waals surface area contributed by atoms with Crippen molar-refractivity contribution in [3.05, 3.63) is 52.5 Å². The van der Waals surface area contributed by atoms with E-state index < -0.39 is 0 Å². The molecule has 0 saturated carbocycles. The molecule has 32 heavy (non-hydrogen) atoms. The minimum absolute atomic E-state index is 0.0111. The van der Waals surface area contributed by atoms with Crippen LogP contribution in [0.4, 0.5) is 5.69 Å². The molecule has 8 heteroatoms. The lowest BCUT2D eigenvalue weighted by molar-refractivity contribution is -0.124. The van der Waals surface area contributed by atoms with E-state index in [9.17, 15) is 9.59 Å². The molecule has 0 fully saturated rings. The molecule has 0 saturated heterocycles. The van der Waals surface area contributed by atoms with Crippen LogP contribution in [0.1, 0.15) is 50.7 Å². The molecule has 0 atom stereocenters. The SMILES string of the molecule is CCCCOc1ccc(C=NNC(=O)CCC(=O)Nc2ccc(C)c(Cl)c2)cc1OCC. The summed E-state index contributed by atoms with van der Waals surface area (Å²) in [5.41, 5.74) is 4.71. The number of hydrogen-bond acceptors (Lipinski definition) is 5. The second-order valence-electron chi connectivity index (χ2n) is 7.15. The summed E-state index contributed by atoms with van der Waals surface area (Å²) in [6, 6.07) is 10.7. The third-order valence-electron chi connectivity index (χ3n) is 4.46. The first kappa shape index (κ1) is 25.2. The first-order valence-electron chi connectivity index (χ1n) is 10.7. The summed E-state index contributed by atoms with van der Waals surface area (Å²) < 4.78 is 11.4. The molecule has 2 rings (SSSR count). The van der Waals surface area contributed by atoms with E-state index in [1.807, 2.05) is 32.0 Å². The van der Waals surface area contributed by atoms with Gasteiger partial charge in [-0.15, -0.1) is 0 Å². The highest BCUT2D eigenvalue weighted by Crippen LogP contribution is 2.28. The highest BCUT2D eigenvalue weighted by Gasteiger charge is 2.08. The van der Waals surface area contributed by atoms with E-state index in [1.54, 1.807) is 18.2 Å². The van der Waals surface area contributed by atoms with Gasteiger partial charge in [-0.25, -0.2) is 5.43 Å². The number of rotatable bonds is 12. The minimum atomic E-state index is -0.358. The molecule has 0 radical (unpaired) electrons. The molecule has 0 aliphatic heterocycles. The molecule has 0 aromatic heterocycles. The van der Waals surface area contributed by atoms with Gasteiger partial charge in [0, 0.05) is 23.6 Å². The number of halogens is 1. The zero-order chi connectivity index (χ0) is 23.3. The molecule has 2 aromatic rings. The van der Waals surface area contributed by atoms with Crippen LogP contribution >= 0.6 is 11.6 Å². The quantitative estimate of drug-likeness (QED) is 0.262. The van der Waals surface area contributed by atoms with Crippen molar-refractivity contribution in [1.82, 2.24) is 5.43 Å². The van der Waals surface area contributed by atoms with Crippen LogP contribution in [0.25, 0.3) is 0 Å². The standard InChI is InChI=1S/C24H30ClN3O4/c1-4-6-13-32-21-10-8-18(14-22(21)31-5-2)16-26-28-24(30)12-11-23(29)27-19-9-7-17(3)20(25)15-19/h7-10,14-16H,4-6,11-13H2,1-3H3,(H,27,29)(H,28,30). The van der Waals surface area contributed by atoms with Crippen LogP contribution in [0, 0.1) is 6.92 Å². The van der Waals surface area contributed by atoms with E-state index in [0.717, 1.165) is 24.0 Å². The number of anilines is 1. The van der Waals surface area contributed by atoms with Crippen LogP contribution < -0.4 is 20.2 Å². The third-order valence-corrected chi connectivity index (χ3v) is 4.87. The number of unbranched alkanes of at least 4 members (excludes halogenated alkanes) is 1. The molecule has 7 nitrogen and oxygen atoms in total. The molecule has 0 aliphatic carbocycles. The van der Waals surface area contributed by atoms with E-state index in [4.69, 9.17) is 21.1 Å². The Hall–Kier alpha value is -3.06. The lowest BCUT2D eigenvalue weighted by Crippen LogP contribution is -2.20. The largest absolute Gasteiger partial charge is 0.490 e. The number of carbonyl (C=O) groups is 2. The van der Waals surface area contributed by atoms with Gasteiger partial charge in [-0.1, -0.05) is 31.0 Å². The zero-order valence-electron chi connectivity index (χ0n) is 18.7. The maximum atomic E-state index is 12.0. The van der Waals surface area contributed by atoms with Gasteiger partial charge in [-0.2, -0.15) is 5.10 Å². The van der Waals surface area contributed by atoms with Crippen molar-refractivity contribution in [3.8, 4) is 11.5 Å². The Bertz CT molecular complexity index is 947. The number of hydrogen-bond donors (Lipinski definition) is 2. The van der Waals surface area contributed by atoms with E-state index in [-0.39, 0.29) is 24.7 Å². The van der Waals surface area contributed by atoms with Crippen LogP contribution in [0.5, 0.6) is 11.5 Å².